The highest BCUT2D eigenvalue weighted by atomic mass is 16.2. The van der Waals surface area contributed by atoms with Crippen molar-refractivity contribution in [2.75, 3.05) is 11.9 Å². The van der Waals surface area contributed by atoms with Gasteiger partial charge in [-0.3, -0.25) is 9.59 Å². The van der Waals surface area contributed by atoms with Gasteiger partial charge >= 0.3 is 0 Å². The zero-order valence-electron chi connectivity index (χ0n) is 14.4. The normalized spacial score (nSPS) is 10.5. The molecule has 2 amide bonds. The first-order valence-corrected chi connectivity index (χ1v) is 8.17. The standard InChI is InChI=1S/C20H24N2O2/c1-14(2)17-10-6-7-11-18(17)22-20(24)13-21-19(23)12-16-9-5-4-8-15(16)3/h4-11,14H,12-13H2,1-3H3,(H,21,23)(H,22,24). The van der Waals surface area contributed by atoms with Crippen LogP contribution in [0.4, 0.5) is 5.69 Å². The summed E-state index contributed by atoms with van der Waals surface area (Å²) >= 11 is 0. The summed E-state index contributed by atoms with van der Waals surface area (Å²) in [5.41, 5.74) is 3.92. The van der Waals surface area contributed by atoms with E-state index < -0.39 is 0 Å². The van der Waals surface area contributed by atoms with E-state index in [9.17, 15) is 9.59 Å². The molecule has 0 saturated heterocycles. The van der Waals surface area contributed by atoms with E-state index >= 15 is 0 Å². The van der Waals surface area contributed by atoms with Crippen molar-refractivity contribution in [3.63, 3.8) is 0 Å². The fourth-order valence-corrected chi connectivity index (χ4v) is 2.53. The van der Waals surface area contributed by atoms with Gasteiger partial charge in [-0.1, -0.05) is 56.3 Å². The number of hydrogen-bond donors (Lipinski definition) is 2. The highest BCUT2D eigenvalue weighted by Gasteiger charge is 2.11. The van der Waals surface area contributed by atoms with E-state index in [1.165, 1.54) is 0 Å². The number of carbonyl (C=O) groups excluding carboxylic acids is 2. The third-order valence-electron chi connectivity index (χ3n) is 3.92. The molecule has 0 spiro atoms. The summed E-state index contributed by atoms with van der Waals surface area (Å²) in [6.07, 6.45) is 0.280. The van der Waals surface area contributed by atoms with Crippen LogP contribution in [0.15, 0.2) is 48.5 Å². The molecular weight excluding hydrogens is 300 g/mol. The van der Waals surface area contributed by atoms with Gasteiger partial charge in [-0.2, -0.15) is 0 Å². The van der Waals surface area contributed by atoms with E-state index in [-0.39, 0.29) is 24.8 Å². The maximum absolute atomic E-state index is 12.1. The van der Waals surface area contributed by atoms with Crippen LogP contribution in [0.25, 0.3) is 0 Å². The van der Waals surface area contributed by atoms with Crippen LogP contribution in [0.5, 0.6) is 0 Å². The van der Waals surface area contributed by atoms with Crippen molar-refractivity contribution in [2.45, 2.75) is 33.1 Å². The van der Waals surface area contributed by atoms with Gasteiger partial charge in [-0.15, -0.1) is 0 Å². The monoisotopic (exact) mass is 324 g/mol. The molecule has 0 radical (unpaired) electrons. The molecule has 2 aromatic carbocycles. The predicted octanol–water partition coefficient (Wildman–Crippen LogP) is 3.42. The lowest BCUT2D eigenvalue weighted by Gasteiger charge is -2.14. The van der Waals surface area contributed by atoms with Crippen molar-refractivity contribution in [1.82, 2.24) is 5.32 Å². The van der Waals surface area contributed by atoms with E-state index in [1.54, 1.807) is 0 Å². The summed E-state index contributed by atoms with van der Waals surface area (Å²) in [4.78, 5) is 24.1. The number of anilines is 1. The summed E-state index contributed by atoms with van der Waals surface area (Å²) in [7, 11) is 0. The van der Waals surface area contributed by atoms with E-state index in [0.717, 1.165) is 22.4 Å². The molecule has 0 fully saturated rings. The van der Waals surface area contributed by atoms with Crippen molar-refractivity contribution in [1.29, 1.82) is 0 Å². The molecule has 0 bridgehead atoms. The molecule has 126 valence electrons. The number of aryl methyl sites for hydroxylation is 1. The summed E-state index contributed by atoms with van der Waals surface area (Å²) in [5, 5.41) is 5.54. The van der Waals surface area contributed by atoms with Crippen LogP contribution in [-0.2, 0) is 16.0 Å². The van der Waals surface area contributed by atoms with Crippen molar-refractivity contribution >= 4 is 17.5 Å². The predicted molar refractivity (Wildman–Crippen MR) is 97.1 cm³/mol. The molecule has 0 aliphatic carbocycles. The Morgan fingerprint density at radius 1 is 0.958 bits per heavy atom. The van der Waals surface area contributed by atoms with Gasteiger partial charge in [-0.25, -0.2) is 0 Å². The Bertz CT molecular complexity index is 723. The second kappa shape index (κ2) is 8.29. The first-order valence-electron chi connectivity index (χ1n) is 8.17. The zero-order chi connectivity index (χ0) is 17.5. The molecule has 0 aromatic heterocycles. The average molecular weight is 324 g/mol. The molecule has 24 heavy (non-hydrogen) atoms. The lowest BCUT2D eigenvalue weighted by atomic mass is 10.0. The molecule has 2 N–H and O–H groups in total. The average Bonchev–Trinajstić information content (AvgIpc) is 2.55. The van der Waals surface area contributed by atoms with E-state index in [2.05, 4.69) is 24.5 Å². The van der Waals surface area contributed by atoms with Gasteiger partial charge in [0, 0.05) is 5.69 Å². The number of hydrogen-bond acceptors (Lipinski definition) is 2. The second-order valence-corrected chi connectivity index (χ2v) is 6.17. The Labute approximate surface area is 143 Å². The number of para-hydroxylation sites is 1. The summed E-state index contributed by atoms with van der Waals surface area (Å²) < 4.78 is 0. The van der Waals surface area contributed by atoms with Gasteiger partial charge in [0.1, 0.15) is 0 Å². The molecule has 4 heteroatoms. The second-order valence-electron chi connectivity index (χ2n) is 6.17. The fraction of sp³-hybridized carbons (Fsp3) is 0.300. The van der Waals surface area contributed by atoms with E-state index in [4.69, 9.17) is 0 Å². The molecule has 0 aliphatic heterocycles. The maximum atomic E-state index is 12.1. The zero-order valence-corrected chi connectivity index (χ0v) is 14.4. The van der Waals surface area contributed by atoms with Gasteiger partial charge in [0.15, 0.2) is 0 Å². The minimum absolute atomic E-state index is 0.0306. The third kappa shape index (κ3) is 4.95. The number of amides is 2. The highest BCUT2D eigenvalue weighted by molar-refractivity contribution is 5.95. The van der Waals surface area contributed by atoms with Crippen LogP contribution in [0.1, 0.15) is 36.5 Å². The number of rotatable bonds is 6. The maximum Gasteiger partial charge on any atom is 0.243 e. The van der Waals surface area contributed by atoms with Crippen molar-refractivity contribution in [2.24, 2.45) is 0 Å². The highest BCUT2D eigenvalue weighted by Crippen LogP contribution is 2.23. The molecule has 0 unspecified atom stereocenters. The number of nitrogens with one attached hydrogen (secondary N) is 2. The quantitative estimate of drug-likeness (QED) is 0.855. The molecule has 0 atom stereocenters. The molecular formula is C20H24N2O2. The Morgan fingerprint density at radius 3 is 2.33 bits per heavy atom. The van der Waals surface area contributed by atoms with Crippen molar-refractivity contribution < 1.29 is 9.59 Å². The van der Waals surface area contributed by atoms with Crippen LogP contribution in [0.2, 0.25) is 0 Å². The van der Waals surface area contributed by atoms with E-state index in [1.807, 2.05) is 55.5 Å². The Kier molecular flexibility index (Phi) is 6.13. The minimum Gasteiger partial charge on any atom is -0.347 e. The van der Waals surface area contributed by atoms with E-state index in [0.29, 0.717) is 5.92 Å². The van der Waals surface area contributed by atoms with Gasteiger partial charge < -0.3 is 10.6 Å². The summed E-state index contributed by atoms with van der Waals surface area (Å²) in [5.74, 6) is -0.0602. The summed E-state index contributed by atoms with van der Waals surface area (Å²) in [6.45, 7) is 6.10. The molecule has 2 aromatic rings. The Morgan fingerprint density at radius 2 is 1.62 bits per heavy atom. The molecule has 4 nitrogen and oxygen atoms in total. The lowest BCUT2D eigenvalue weighted by molar-refractivity contribution is -0.123. The van der Waals surface area contributed by atoms with Crippen LogP contribution in [-0.4, -0.2) is 18.4 Å². The topological polar surface area (TPSA) is 58.2 Å². The number of carbonyl (C=O) groups is 2. The van der Waals surface area contributed by atoms with Crippen molar-refractivity contribution in [3.05, 3.63) is 65.2 Å². The number of benzene rings is 2. The van der Waals surface area contributed by atoms with Crippen LogP contribution in [0, 0.1) is 6.92 Å². The molecule has 0 saturated carbocycles. The third-order valence-corrected chi connectivity index (χ3v) is 3.92. The smallest absolute Gasteiger partial charge is 0.243 e. The van der Waals surface area contributed by atoms with Crippen LogP contribution in [0.3, 0.4) is 0 Å². The van der Waals surface area contributed by atoms with Gasteiger partial charge in [0.05, 0.1) is 13.0 Å². The molecule has 0 heterocycles. The van der Waals surface area contributed by atoms with Gasteiger partial charge in [0.2, 0.25) is 11.8 Å². The van der Waals surface area contributed by atoms with Crippen LogP contribution < -0.4 is 10.6 Å². The molecule has 0 aliphatic rings. The van der Waals surface area contributed by atoms with Crippen molar-refractivity contribution in [3.8, 4) is 0 Å². The van der Waals surface area contributed by atoms with Gasteiger partial charge in [-0.05, 0) is 35.6 Å². The first-order chi connectivity index (χ1) is 11.5. The SMILES string of the molecule is Cc1ccccc1CC(=O)NCC(=O)Nc1ccccc1C(C)C. The van der Waals surface area contributed by atoms with Gasteiger partial charge in [0.25, 0.3) is 0 Å². The Hall–Kier alpha value is -2.62. The largest absolute Gasteiger partial charge is 0.347 e. The molecule has 2 rings (SSSR count). The lowest BCUT2D eigenvalue weighted by Crippen LogP contribution is -2.34. The van der Waals surface area contributed by atoms with Crippen LogP contribution >= 0.6 is 0 Å². The fourth-order valence-electron chi connectivity index (χ4n) is 2.53. The first kappa shape index (κ1) is 17.7. The Balaban J connectivity index is 1.87. The summed E-state index contributed by atoms with van der Waals surface area (Å²) in [6, 6.07) is 15.5. The minimum atomic E-state index is -0.221.